The molecule has 1 saturated heterocycles. The number of aromatic nitrogens is 5. The van der Waals surface area contributed by atoms with Gasteiger partial charge in [-0.3, -0.25) is 9.36 Å². The molecule has 4 aromatic rings. The molecule has 1 aliphatic carbocycles. The van der Waals surface area contributed by atoms with Gasteiger partial charge in [0.2, 0.25) is 0 Å². The van der Waals surface area contributed by atoms with Gasteiger partial charge in [0.15, 0.2) is 11.4 Å². The van der Waals surface area contributed by atoms with Gasteiger partial charge in [-0.2, -0.15) is 0 Å². The first-order valence-electron chi connectivity index (χ1n) is 12.5. The zero-order valence-corrected chi connectivity index (χ0v) is 19.9. The minimum atomic E-state index is -0.0117. The molecule has 5 heterocycles. The summed E-state index contributed by atoms with van der Waals surface area (Å²) < 4.78 is 9.26. The van der Waals surface area contributed by atoms with Crippen molar-refractivity contribution in [3.8, 4) is 11.1 Å². The van der Waals surface area contributed by atoms with Crippen LogP contribution in [0.5, 0.6) is 0 Å². The van der Waals surface area contributed by atoms with Crippen molar-refractivity contribution < 1.29 is 9.53 Å². The normalized spacial score (nSPS) is 17.2. The molecule has 2 aliphatic rings. The van der Waals surface area contributed by atoms with Crippen LogP contribution in [0, 0.1) is 5.92 Å². The fourth-order valence-electron chi connectivity index (χ4n) is 5.39. The lowest BCUT2D eigenvalue weighted by Crippen LogP contribution is -2.29. The van der Waals surface area contributed by atoms with E-state index in [1.165, 1.54) is 0 Å². The van der Waals surface area contributed by atoms with Crippen molar-refractivity contribution in [2.75, 3.05) is 13.2 Å². The van der Waals surface area contributed by atoms with Crippen molar-refractivity contribution in [2.24, 2.45) is 5.92 Å². The lowest BCUT2D eigenvalue weighted by Gasteiger charge is -2.22. The van der Waals surface area contributed by atoms with Crippen LogP contribution in [0.25, 0.3) is 39.0 Å². The molecule has 4 aromatic heterocycles. The van der Waals surface area contributed by atoms with Crippen LogP contribution in [-0.2, 0) is 11.3 Å². The van der Waals surface area contributed by atoms with E-state index in [9.17, 15) is 9.59 Å². The zero-order chi connectivity index (χ0) is 23.9. The molecule has 0 radical (unpaired) electrons. The Kier molecular flexibility index (Phi) is 5.60. The maximum absolute atomic E-state index is 13.7. The number of hydrogen-bond donors (Lipinski definition) is 1. The number of pyridine rings is 2. The minimum Gasteiger partial charge on any atom is -0.381 e. The number of nitrogens with one attached hydrogen (secondary N) is 1. The summed E-state index contributed by atoms with van der Waals surface area (Å²) >= 11 is 0. The number of aromatic amines is 1. The Morgan fingerprint density at radius 2 is 1.94 bits per heavy atom. The largest absolute Gasteiger partial charge is 0.381 e. The van der Waals surface area contributed by atoms with Gasteiger partial charge in [-0.1, -0.05) is 6.08 Å². The Bertz CT molecular complexity index is 1520. The number of carbonyl (C=O) groups is 1. The molecule has 0 amide bonds. The number of H-pyrrole nitrogens is 1. The van der Waals surface area contributed by atoms with Crippen LogP contribution in [0.3, 0.4) is 0 Å². The summed E-state index contributed by atoms with van der Waals surface area (Å²) in [5.41, 5.74) is 5.63. The minimum absolute atomic E-state index is 0.00749. The number of nitrogens with zero attached hydrogens (tertiary/aromatic N) is 4. The van der Waals surface area contributed by atoms with Crippen molar-refractivity contribution in [2.45, 2.75) is 52.0 Å². The summed E-state index contributed by atoms with van der Waals surface area (Å²) in [6, 6.07) is 4.02. The van der Waals surface area contributed by atoms with E-state index in [0.29, 0.717) is 29.3 Å². The molecule has 180 valence electrons. The fourth-order valence-corrected chi connectivity index (χ4v) is 5.39. The highest BCUT2D eigenvalue weighted by molar-refractivity contribution is 6.06. The number of carbonyl (C=O) groups excluding carboxylic acids is 1. The topological polar surface area (TPSA) is 94.8 Å². The van der Waals surface area contributed by atoms with Crippen LogP contribution in [0.2, 0.25) is 0 Å². The molecule has 0 unspecified atom stereocenters. The second kappa shape index (κ2) is 8.92. The third kappa shape index (κ3) is 3.91. The molecule has 1 aliphatic heterocycles. The maximum Gasteiger partial charge on any atom is 0.334 e. The molecule has 1 fully saturated rings. The summed E-state index contributed by atoms with van der Waals surface area (Å²) in [5.74, 6) is 0.396. The fraction of sp³-hybridized carbons (Fsp3) is 0.407. The average molecular weight is 472 g/mol. The number of fused-ring (bicyclic) bond motifs is 2. The zero-order valence-electron chi connectivity index (χ0n) is 19.9. The molecule has 6 rings (SSSR count). The van der Waals surface area contributed by atoms with Crippen molar-refractivity contribution in [1.29, 1.82) is 0 Å². The van der Waals surface area contributed by atoms with Gasteiger partial charge in [0.05, 0.1) is 5.52 Å². The van der Waals surface area contributed by atoms with E-state index in [-0.39, 0.29) is 11.5 Å². The molecule has 35 heavy (non-hydrogen) atoms. The smallest absolute Gasteiger partial charge is 0.334 e. The van der Waals surface area contributed by atoms with Gasteiger partial charge in [0.1, 0.15) is 5.65 Å². The van der Waals surface area contributed by atoms with Crippen LogP contribution in [-0.4, -0.2) is 43.1 Å². The van der Waals surface area contributed by atoms with E-state index in [4.69, 9.17) is 9.72 Å². The summed E-state index contributed by atoms with van der Waals surface area (Å²) in [4.78, 5) is 38.2. The van der Waals surface area contributed by atoms with Crippen molar-refractivity contribution in [1.82, 2.24) is 24.1 Å². The van der Waals surface area contributed by atoms with Crippen molar-refractivity contribution >= 4 is 33.7 Å². The Morgan fingerprint density at radius 3 is 2.71 bits per heavy atom. The highest BCUT2D eigenvalue weighted by Gasteiger charge is 2.23. The molecule has 0 aromatic carbocycles. The van der Waals surface area contributed by atoms with Crippen LogP contribution in [0.4, 0.5) is 0 Å². The molecule has 1 N–H and O–H groups in total. The van der Waals surface area contributed by atoms with E-state index in [0.717, 1.165) is 79.5 Å². The summed E-state index contributed by atoms with van der Waals surface area (Å²) in [6.45, 7) is 3.70. The van der Waals surface area contributed by atoms with E-state index in [1.807, 2.05) is 27.5 Å². The standard InChI is InChI=1S/C27H29N5O3/c1-17(33)23-15-29-25-22(23)11-19(13-28-25)20-12-24-26(30-14-20)32(21-5-3-2-4-6-21)27(34)31(24)16-18-7-9-35-10-8-18/h5,11-15,18H,2-4,6-10,16H2,1H3,(H,28,29). The first kappa shape index (κ1) is 22.0. The number of hydrogen-bond acceptors (Lipinski definition) is 5. The second-order valence-corrected chi connectivity index (χ2v) is 9.67. The van der Waals surface area contributed by atoms with Crippen LogP contribution >= 0.6 is 0 Å². The van der Waals surface area contributed by atoms with Gasteiger partial charge < -0.3 is 9.72 Å². The lowest BCUT2D eigenvalue weighted by molar-refractivity contribution is 0.0613. The third-order valence-corrected chi connectivity index (χ3v) is 7.35. The summed E-state index contributed by atoms with van der Waals surface area (Å²) in [6.07, 6.45) is 13.5. The first-order valence-corrected chi connectivity index (χ1v) is 12.5. The van der Waals surface area contributed by atoms with Crippen molar-refractivity contribution in [3.63, 3.8) is 0 Å². The van der Waals surface area contributed by atoms with Gasteiger partial charge in [0, 0.05) is 66.1 Å². The first-order chi connectivity index (χ1) is 17.1. The van der Waals surface area contributed by atoms with Gasteiger partial charge in [-0.25, -0.2) is 19.3 Å². The Balaban J connectivity index is 1.50. The second-order valence-electron chi connectivity index (χ2n) is 9.67. The number of ether oxygens (including phenoxy) is 1. The number of rotatable bonds is 5. The molecule has 0 saturated carbocycles. The molecule has 8 heteroatoms. The highest BCUT2D eigenvalue weighted by atomic mass is 16.5. The van der Waals surface area contributed by atoms with E-state index < -0.39 is 0 Å². The SMILES string of the molecule is CC(=O)c1c[nH]c2ncc(-c3cnc4c(c3)n(CC3CCOCC3)c(=O)n4C3=CCCCC3)cc12. The predicted molar refractivity (Wildman–Crippen MR) is 135 cm³/mol. The Morgan fingerprint density at radius 1 is 1.14 bits per heavy atom. The Labute approximate surface area is 202 Å². The quantitative estimate of drug-likeness (QED) is 0.423. The van der Waals surface area contributed by atoms with E-state index in [1.54, 1.807) is 19.3 Å². The lowest BCUT2D eigenvalue weighted by atomic mass is 10.0. The van der Waals surface area contributed by atoms with Gasteiger partial charge in [0.25, 0.3) is 0 Å². The maximum atomic E-state index is 13.7. The molecular formula is C27H29N5O3. The molecule has 0 spiro atoms. The number of Topliss-reactive ketones (excluding diaryl/α,β-unsaturated/α-hetero) is 1. The van der Waals surface area contributed by atoms with E-state index >= 15 is 0 Å². The number of allylic oxidation sites excluding steroid dienone is 2. The number of ketones is 1. The van der Waals surface area contributed by atoms with Crippen molar-refractivity contribution in [3.05, 3.63) is 52.8 Å². The third-order valence-electron chi connectivity index (χ3n) is 7.35. The van der Waals surface area contributed by atoms with Gasteiger partial charge in [-0.15, -0.1) is 0 Å². The average Bonchev–Trinajstić information content (AvgIpc) is 3.43. The molecule has 0 bridgehead atoms. The molecule has 0 atom stereocenters. The number of imidazole rings is 1. The van der Waals surface area contributed by atoms with E-state index in [2.05, 4.69) is 16.0 Å². The van der Waals surface area contributed by atoms with Crippen LogP contribution < -0.4 is 5.69 Å². The van der Waals surface area contributed by atoms with Gasteiger partial charge in [-0.05, 0) is 63.5 Å². The van der Waals surface area contributed by atoms with Crippen LogP contribution in [0.15, 0.2) is 41.6 Å². The molecular weight excluding hydrogens is 442 g/mol. The summed E-state index contributed by atoms with van der Waals surface area (Å²) in [5, 5.41) is 0.791. The van der Waals surface area contributed by atoms with Crippen LogP contribution in [0.1, 0.15) is 55.8 Å². The monoisotopic (exact) mass is 471 g/mol. The summed E-state index contributed by atoms with van der Waals surface area (Å²) in [7, 11) is 0. The van der Waals surface area contributed by atoms with Gasteiger partial charge >= 0.3 is 5.69 Å². The Hall–Kier alpha value is -3.52. The highest BCUT2D eigenvalue weighted by Crippen LogP contribution is 2.30. The predicted octanol–water partition coefficient (Wildman–Crippen LogP) is 4.79. The molecule has 8 nitrogen and oxygen atoms in total.